The van der Waals surface area contributed by atoms with Crippen molar-refractivity contribution >= 4 is 28.9 Å². The second-order valence-corrected chi connectivity index (χ2v) is 4.60. The molecule has 0 atom stereocenters. The summed E-state index contributed by atoms with van der Waals surface area (Å²) < 4.78 is 0. The van der Waals surface area contributed by atoms with Crippen LogP contribution >= 0.6 is 11.6 Å². The van der Waals surface area contributed by atoms with Crippen molar-refractivity contribution in [3.8, 4) is 0 Å². The van der Waals surface area contributed by atoms with E-state index in [4.69, 9.17) is 23.1 Å². The predicted molar refractivity (Wildman–Crippen MR) is 77.2 cm³/mol. The largest absolute Gasteiger partial charge is 0.399 e. The summed E-state index contributed by atoms with van der Waals surface area (Å²) in [7, 11) is 0. The van der Waals surface area contributed by atoms with Gasteiger partial charge >= 0.3 is 0 Å². The Kier molecular flexibility index (Phi) is 5.28. The van der Waals surface area contributed by atoms with E-state index >= 15 is 0 Å². The van der Waals surface area contributed by atoms with E-state index in [1.165, 1.54) is 0 Å². The molecule has 0 bridgehead atoms. The highest BCUT2D eigenvalue weighted by Gasteiger charge is 2.18. The summed E-state index contributed by atoms with van der Waals surface area (Å²) in [5, 5.41) is 0.474. The van der Waals surface area contributed by atoms with Crippen LogP contribution in [0.2, 0.25) is 5.02 Å². The third kappa shape index (κ3) is 3.29. The van der Waals surface area contributed by atoms with Crippen LogP contribution in [-0.4, -0.2) is 19.0 Å². The summed E-state index contributed by atoms with van der Waals surface area (Å²) in [6.07, 6.45) is 2.11. The van der Waals surface area contributed by atoms with Crippen LogP contribution in [-0.2, 0) is 0 Å². The molecule has 0 unspecified atom stereocenters. The zero-order valence-electron chi connectivity index (χ0n) is 10.9. The number of carbonyl (C=O) groups excluding carboxylic acids is 1. The topological polar surface area (TPSA) is 72.3 Å². The highest BCUT2D eigenvalue weighted by molar-refractivity contribution is 6.34. The molecular weight excluding hydrogens is 250 g/mol. The maximum Gasteiger partial charge on any atom is 0.250 e. The fraction of sp³-hybridized carbons (Fsp3) is 0.462. The summed E-state index contributed by atoms with van der Waals surface area (Å²) in [4.78, 5) is 13.6. The number of amides is 1. The van der Waals surface area contributed by atoms with Crippen molar-refractivity contribution in [2.45, 2.75) is 26.7 Å². The Labute approximate surface area is 113 Å². The Morgan fingerprint density at radius 1 is 1.39 bits per heavy atom. The van der Waals surface area contributed by atoms with E-state index in [9.17, 15) is 4.79 Å². The fourth-order valence-corrected chi connectivity index (χ4v) is 2.25. The van der Waals surface area contributed by atoms with Gasteiger partial charge in [-0.25, -0.2) is 0 Å². The molecule has 100 valence electrons. The Balaban J connectivity index is 3.22. The summed E-state index contributed by atoms with van der Waals surface area (Å²) in [5.41, 5.74) is 12.6. The number of hydrogen-bond donors (Lipinski definition) is 2. The Bertz CT molecular complexity index is 434. The first-order valence-corrected chi connectivity index (χ1v) is 6.52. The molecule has 0 aromatic heterocycles. The number of nitrogens with zero attached hydrogens (tertiary/aromatic N) is 1. The van der Waals surface area contributed by atoms with Crippen LogP contribution in [0.5, 0.6) is 0 Å². The van der Waals surface area contributed by atoms with Crippen LogP contribution in [0.25, 0.3) is 0 Å². The predicted octanol–water partition coefficient (Wildman–Crippen LogP) is 2.65. The number of anilines is 2. The SMILES string of the molecule is CCCCN(CC)c1c(Cl)cc(N)cc1C(N)=O. The number of nitrogen functional groups attached to an aromatic ring is 1. The summed E-state index contributed by atoms with van der Waals surface area (Å²) in [6, 6.07) is 3.23. The Morgan fingerprint density at radius 3 is 2.56 bits per heavy atom. The number of rotatable bonds is 6. The molecule has 0 heterocycles. The van der Waals surface area contributed by atoms with Crippen LogP contribution in [0.4, 0.5) is 11.4 Å². The second-order valence-electron chi connectivity index (χ2n) is 4.20. The fourth-order valence-electron chi connectivity index (χ4n) is 1.91. The average molecular weight is 270 g/mol. The van der Waals surface area contributed by atoms with E-state index in [1.54, 1.807) is 12.1 Å². The van der Waals surface area contributed by atoms with E-state index in [0.717, 1.165) is 25.9 Å². The number of unbranched alkanes of at least 4 members (excludes halogenated alkanes) is 1. The monoisotopic (exact) mass is 269 g/mol. The maximum absolute atomic E-state index is 11.5. The normalized spacial score (nSPS) is 10.4. The van der Waals surface area contributed by atoms with Gasteiger partial charge in [-0.1, -0.05) is 24.9 Å². The van der Waals surface area contributed by atoms with Crippen molar-refractivity contribution in [3.63, 3.8) is 0 Å². The number of halogens is 1. The molecule has 4 nitrogen and oxygen atoms in total. The smallest absolute Gasteiger partial charge is 0.250 e. The van der Waals surface area contributed by atoms with Crippen molar-refractivity contribution in [1.29, 1.82) is 0 Å². The van der Waals surface area contributed by atoms with Crippen molar-refractivity contribution in [1.82, 2.24) is 0 Å². The van der Waals surface area contributed by atoms with Gasteiger partial charge in [0.05, 0.1) is 16.3 Å². The van der Waals surface area contributed by atoms with Gasteiger partial charge in [-0.05, 0) is 25.5 Å². The summed E-state index contributed by atoms with van der Waals surface area (Å²) in [6.45, 7) is 5.75. The molecule has 5 heteroatoms. The van der Waals surface area contributed by atoms with Crippen molar-refractivity contribution in [2.75, 3.05) is 23.7 Å². The Morgan fingerprint density at radius 2 is 2.06 bits per heavy atom. The van der Waals surface area contributed by atoms with Crippen molar-refractivity contribution in [2.24, 2.45) is 5.73 Å². The van der Waals surface area contributed by atoms with Gasteiger partial charge in [0.15, 0.2) is 0 Å². The minimum atomic E-state index is -0.505. The molecule has 4 N–H and O–H groups in total. The number of benzene rings is 1. The molecule has 1 rings (SSSR count). The quantitative estimate of drug-likeness (QED) is 0.780. The van der Waals surface area contributed by atoms with Crippen molar-refractivity contribution in [3.05, 3.63) is 22.7 Å². The van der Waals surface area contributed by atoms with Crippen molar-refractivity contribution < 1.29 is 4.79 Å². The molecule has 0 radical (unpaired) electrons. The lowest BCUT2D eigenvalue weighted by atomic mass is 10.1. The highest BCUT2D eigenvalue weighted by atomic mass is 35.5. The minimum Gasteiger partial charge on any atom is -0.399 e. The zero-order chi connectivity index (χ0) is 13.7. The molecular formula is C13H20ClN3O. The van der Waals surface area contributed by atoms with Crippen LogP contribution in [0.3, 0.4) is 0 Å². The Hall–Kier alpha value is -1.42. The molecule has 0 aliphatic rings. The van der Waals surface area contributed by atoms with Gasteiger partial charge in [0, 0.05) is 18.8 Å². The molecule has 0 fully saturated rings. The number of primary amides is 1. The van der Waals surface area contributed by atoms with Crippen LogP contribution in [0.1, 0.15) is 37.0 Å². The van der Waals surface area contributed by atoms with Gasteiger partial charge in [-0.15, -0.1) is 0 Å². The number of carbonyl (C=O) groups is 1. The van der Waals surface area contributed by atoms with Crippen LogP contribution in [0.15, 0.2) is 12.1 Å². The lowest BCUT2D eigenvalue weighted by molar-refractivity contribution is 0.100. The van der Waals surface area contributed by atoms with Gasteiger partial charge in [0.1, 0.15) is 0 Å². The summed E-state index contributed by atoms with van der Waals surface area (Å²) in [5.74, 6) is -0.505. The van der Waals surface area contributed by atoms with E-state index in [-0.39, 0.29) is 0 Å². The van der Waals surface area contributed by atoms with Gasteiger partial charge in [0.25, 0.3) is 5.91 Å². The second kappa shape index (κ2) is 6.50. The lowest BCUT2D eigenvalue weighted by Gasteiger charge is -2.26. The van der Waals surface area contributed by atoms with E-state index in [2.05, 4.69) is 11.8 Å². The first-order chi connectivity index (χ1) is 8.51. The zero-order valence-corrected chi connectivity index (χ0v) is 11.6. The maximum atomic E-state index is 11.5. The number of nitrogens with two attached hydrogens (primary N) is 2. The van der Waals surface area contributed by atoms with Gasteiger partial charge < -0.3 is 16.4 Å². The molecule has 1 aromatic rings. The average Bonchev–Trinajstić information content (AvgIpc) is 2.31. The summed E-state index contributed by atoms with van der Waals surface area (Å²) >= 11 is 6.20. The number of hydrogen-bond acceptors (Lipinski definition) is 3. The third-order valence-corrected chi connectivity index (χ3v) is 3.12. The van der Waals surface area contributed by atoms with Crippen LogP contribution in [0, 0.1) is 0 Å². The molecule has 1 aromatic carbocycles. The minimum absolute atomic E-state index is 0.387. The van der Waals surface area contributed by atoms with Gasteiger partial charge in [-0.2, -0.15) is 0 Å². The highest BCUT2D eigenvalue weighted by Crippen LogP contribution is 2.32. The first-order valence-electron chi connectivity index (χ1n) is 6.15. The molecule has 0 saturated carbocycles. The standard InChI is InChI=1S/C13H20ClN3O/c1-3-5-6-17(4-2)12-10(13(16)18)7-9(15)8-11(12)14/h7-8H,3-6,15H2,1-2H3,(H2,16,18). The molecule has 0 aliphatic carbocycles. The van der Waals surface area contributed by atoms with E-state index in [1.807, 2.05) is 6.92 Å². The molecule has 18 heavy (non-hydrogen) atoms. The third-order valence-electron chi connectivity index (χ3n) is 2.83. The molecule has 1 amide bonds. The van der Waals surface area contributed by atoms with Crippen LogP contribution < -0.4 is 16.4 Å². The molecule has 0 spiro atoms. The first kappa shape index (κ1) is 14.6. The van der Waals surface area contributed by atoms with Gasteiger partial charge in [-0.3, -0.25) is 4.79 Å². The lowest BCUT2D eigenvalue weighted by Crippen LogP contribution is -2.27. The van der Waals surface area contributed by atoms with E-state index < -0.39 is 5.91 Å². The molecule has 0 aliphatic heterocycles. The molecule has 0 saturated heterocycles. The van der Waals surface area contributed by atoms with Gasteiger partial charge in [0.2, 0.25) is 0 Å². The van der Waals surface area contributed by atoms with E-state index in [0.29, 0.717) is 22.0 Å².